The smallest absolute Gasteiger partial charge is 0.129 e. The Labute approximate surface area is 90.5 Å². The minimum Gasteiger partial charge on any atom is -0.373 e. The number of nitrogens with zero attached hydrogens (tertiary/aromatic N) is 2. The molecular formula is C11H18N4. The van der Waals surface area contributed by atoms with Gasteiger partial charge in [-0.25, -0.2) is 9.97 Å². The number of anilines is 1. The van der Waals surface area contributed by atoms with E-state index in [1.54, 1.807) is 6.33 Å². The Morgan fingerprint density at radius 1 is 1.53 bits per heavy atom. The second-order valence-electron chi connectivity index (χ2n) is 4.06. The van der Waals surface area contributed by atoms with Crippen molar-refractivity contribution in [1.29, 1.82) is 0 Å². The van der Waals surface area contributed by atoms with Gasteiger partial charge in [0.25, 0.3) is 0 Å². The summed E-state index contributed by atoms with van der Waals surface area (Å²) in [6.45, 7) is 2.29. The van der Waals surface area contributed by atoms with Crippen molar-refractivity contribution in [2.45, 2.75) is 19.3 Å². The molecule has 2 rings (SSSR count). The molecule has 1 aromatic rings. The van der Waals surface area contributed by atoms with Crippen molar-refractivity contribution in [2.24, 2.45) is 5.92 Å². The third kappa shape index (κ3) is 2.89. The second-order valence-corrected chi connectivity index (χ2v) is 4.06. The van der Waals surface area contributed by atoms with Crippen molar-refractivity contribution in [2.75, 3.05) is 25.5 Å². The standard InChI is InChI=1S/C11H18N4/c1-12-11-6-10(14-8-15-11)5-9-3-2-4-13-7-9/h6,8-9,13H,2-5,7H2,1H3,(H,12,14,15). The van der Waals surface area contributed by atoms with Gasteiger partial charge in [0.15, 0.2) is 0 Å². The summed E-state index contributed by atoms with van der Waals surface area (Å²) in [4.78, 5) is 8.42. The Morgan fingerprint density at radius 2 is 2.47 bits per heavy atom. The number of rotatable bonds is 3. The molecule has 15 heavy (non-hydrogen) atoms. The van der Waals surface area contributed by atoms with E-state index in [4.69, 9.17) is 0 Å². The van der Waals surface area contributed by atoms with Crippen LogP contribution in [0.5, 0.6) is 0 Å². The lowest BCUT2D eigenvalue weighted by Gasteiger charge is -2.22. The molecule has 2 heterocycles. The number of nitrogens with one attached hydrogen (secondary N) is 2. The van der Waals surface area contributed by atoms with E-state index in [-0.39, 0.29) is 0 Å². The van der Waals surface area contributed by atoms with Gasteiger partial charge in [-0.1, -0.05) is 0 Å². The Morgan fingerprint density at radius 3 is 3.20 bits per heavy atom. The van der Waals surface area contributed by atoms with Crippen LogP contribution in [0, 0.1) is 5.92 Å². The van der Waals surface area contributed by atoms with Gasteiger partial charge >= 0.3 is 0 Å². The fourth-order valence-corrected chi connectivity index (χ4v) is 2.04. The van der Waals surface area contributed by atoms with Crippen LogP contribution in [0.15, 0.2) is 12.4 Å². The molecule has 0 radical (unpaired) electrons. The van der Waals surface area contributed by atoms with Crippen LogP contribution in [0.3, 0.4) is 0 Å². The van der Waals surface area contributed by atoms with Crippen molar-refractivity contribution < 1.29 is 0 Å². The zero-order valence-electron chi connectivity index (χ0n) is 9.16. The molecule has 1 fully saturated rings. The van der Waals surface area contributed by atoms with E-state index in [1.165, 1.54) is 19.4 Å². The maximum Gasteiger partial charge on any atom is 0.129 e. The molecule has 0 bridgehead atoms. The van der Waals surface area contributed by atoms with Crippen molar-refractivity contribution in [3.63, 3.8) is 0 Å². The van der Waals surface area contributed by atoms with Gasteiger partial charge in [-0.3, -0.25) is 0 Å². The minimum absolute atomic E-state index is 0.735. The molecule has 1 aliphatic heterocycles. The van der Waals surface area contributed by atoms with E-state index in [0.29, 0.717) is 0 Å². The maximum atomic E-state index is 4.30. The van der Waals surface area contributed by atoms with Gasteiger partial charge in [-0.2, -0.15) is 0 Å². The third-order valence-electron chi connectivity index (χ3n) is 2.88. The molecule has 1 saturated heterocycles. The van der Waals surface area contributed by atoms with Gasteiger partial charge in [-0.05, 0) is 38.3 Å². The summed E-state index contributed by atoms with van der Waals surface area (Å²) in [7, 11) is 1.88. The van der Waals surface area contributed by atoms with E-state index in [2.05, 4.69) is 20.6 Å². The Bertz CT molecular complexity index is 307. The van der Waals surface area contributed by atoms with Crippen LogP contribution < -0.4 is 10.6 Å². The molecule has 1 aliphatic rings. The van der Waals surface area contributed by atoms with E-state index >= 15 is 0 Å². The summed E-state index contributed by atoms with van der Waals surface area (Å²) in [6, 6.07) is 2.04. The molecule has 4 nitrogen and oxygen atoms in total. The molecule has 0 saturated carbocycles. The number of piperidine rings is 1. The topological polar surface area (TPSA) is 49.8 Å². The number of hydrogen-bond donors (Lipinski definition) is 2. The summed E-state index contributed by atoms with van der Waals surface area (Å²) in [5, 5.41) is 6.46. The van der Waals surface area contributed by atoms with Gasteiger partial charge < -0.3 is 10.6 Å². The van der Waals surface area contributed by atoms with Crippen LogP contribution >= 0.6 is 0 Å². The SMILES string of the molecule is CNc1cc(CC2CCCNC2)ncn1. The lowest BCUT2D eigenvalue weighted by Crippen LogP contribution is -2.31. The highest BCUT2D eigenvalue weighted by atomic mass is 15.0. The summed E-state index contributed by atoms with van der Waals surface area (Å²) in [5.41, 5.74) is 1.14. The maximum absolute atomic E-state index is 4.30. The van der Waals surface area contributed by atoms with Crippen molar-refractivity contribution in [3.05, 3.63) is 18.1 Å². The quantitative estimate of drug-likeness (QED) is 0.776. The van der Waals surface area contributed by atoms with Gasteiger partial charge in [0.05, 0.1) is 0 Å². The first-order valence-corrected chi connectivity index (χ1v) is 5.58. The third-order valence-corrected chi connectivity index (χ3v) is 2.88. The molecule has 4 heteroatoms. The average molecular weight is 206 g/mol. The van der Waals surface area contributed by atoms with Crippen LogP contribution in [0.2, 0.25) is 0 Å². The fourth-order valence-electron chi connectivity index (χ4n) is 2.04. The molecule has 82 valence electrons. The van der Waals surface area contributed by atoms with Gasteiger partial charge in [0, 0.05) is 18.8 Å². The lowest BCUT2D eigenvalue weighted by atomic mass is 9.94. The molecule has 0 aromatic carbocycles. The lowest BCUT2D eigenvalue weighted by molar-refractivity contribution is 0.373. The average Bonchev–Trinajstić information content (AvgIpc) is 2.31. The zero-order valence-corrected chi connectivity index (χ0v) is 9.16. The van der Waals surface area contributed by atoms with Crippen molar-refractivity contribution in [1.82, 2.24) is 15.3 Å². The molecule has 2 N–H and O–H groups in total. The highest BCUT2D eigenvalue weighted by Crippen LogP contribution is 2.15. The molecule has 1 atom stereocenters. The summed E-state index contributed by atoms with van der Waals surface area (Å²) < 4.78 is 0. The van der Waals surface area contributed by atoms with Crippen LogP contribution in [0.4, 0.5) is 5.82 Å². The number of hydrogen-bond acceptors (Lipinski definition) is 4. The monoisotopic (exact) mass is 206 g/mol. The van der Waals surface area contributed by atoms with Gasteiger partial charge in [0.1, 0.15) is 12.1 Å². The zero-order chi connectivity index (χ0) is 10.5. The van der Waals surface area contributed by atoms with Crippen LogP contribution in [0.25, 0.3) is 0 Å². The van der Waals surface area contributed by atoms with E-state index in [1.807, 2.05) is 13.1 Å². The van der Waals surface area contributed by atoms with Crippen LogP contribution in [0.1, 0.15) is 18.5 Å². The minimum atomic E-state index is 0.735. The fraction of sp³-hybridized carbons (Fsp3) is 0.636. The van der Waals surface area contributed by atoms with Gasteiger partial charge in [0.2, 0.25) is 0 Å². The molecule has 0 amide bonds. The first-order valence-electron chi connectivity index (χ1n) is 5.58. The van der Waals surface area contributed by atoms with E-state index in [9.17, 15) is 0 Å². The molecule has 1 unspecified atom stereocenters. The predicted molar refractivity (Wildman–Crippen MR) is 60.9 cm³/mol. The van der Waals surface area contributed by atoms with Gasteiger partial charge in [-0.15, -0.1) is 0 Å². The summed E-state index contributed by atoms with van der Waals surface area (Å²) in [6.07, 6.45) is 5.29. The summed E-state index contributed by atoms with van der Waals surface area (Å²) >= 11 is 0. The highest BCUT2D eigenvalue weighted by molar-refractivity contribution is 5.33. The van der Waals surface area contributed by atoms with Crippen molar-refractivity contribution >= 4 is 5.82 Å². The van der Waals surface area contributed by atoms with Crippen molar-refractivity contribution in [3.8, 4) is 0 Å². The molecular weight excluding hydrogens is 188 g/mol. The summed E-state index contributed by atoms with van der Waals surface area (Å²) in [5.74, 6) is 1.64. The first-order chi connectivity index (χ1) is 7.38. The van der Waals surface area contributed by atoms with Crippen LogP contribution in [-0.2, 0) is 6.42 Å². The Balaban J connectivity index is 1.96. The normalized spacial score (nSPS) is 21.3. The van der Waals surface area contributed by atoms with E-state index < -0.39 is 0 Å². The first kappa shape index (κ1) is 10.4. The van der Waals surface area contributed by atoms with Crippen LogP contribution in [-0.4, -0.2) is 30.1 Å². The number of aromatic nitrogens is 2. The largest absolute Gasteiger partial charge is 0.373 e. The predicted octanol–water partition coefficient (Wildman–Crippen LogP) is 1.06. The molecule has 0 aliphatic carbocycles. The second kappa shape index (κ2) is 5.07. The molecule has 0 spiro atoms. The Kier molecular flexibility index (Phi) is 3.50. The van der Waals surface area contributed by atoms with E-state index in [0.717, 1.165) is 30.4 Å². The highest BCUT2D eigenvalue weighted by Gasteiger charge is 2.14. The molecule has 1 aromatic heterocycles. The Hall–Kier alpha value is -1.16.